The number of piperidine rings is 1. The molecule has 7 nitrogen and oxygen atoms in total. The lowest BCUT2D eigenvalue weighted by atomic mass is 10.1. The molecule has 174 valence electrons. The van der Waals surface area contributed by atoms with Gasteiger partial charge in [0.1, 0.15) is 5.60 Å². The molecule has 31 heavy (non-hydrogen) atoms. The zero-order valence-corrected chi connectivity index (χ0v) is 19.9. The molecule has 1 heterocycles. The predicted molar refractivity (Wildman–Crippen MR) is 125 cm³/mol. The van der Waals surface area contributed by atoms with Gasteiger partial charge in [0.2, 0.25) is 0 Å². The molecule has 0 aliphatic carbocycles. The number of ether oxygens (including phenoxy) is 2. The lowest BCUT2D eigenvalue weighted by Gasteiger charge is -2.34. The third-order valence-electron chi connectivity index (χ3n) is 5.23. The van der Waals surface area contributed by atoms with Gasteiger partial charge < -0.3 is 25.0 Å². The van der Waals surface area contributed by atoms with Crippen molar-refractivity contribution in [3.63, 3.8) is 0 Å². The van der Waals surface area contributed by atoms with Crippen molar-refractivity contribution in [3.05, 3.63) is 35.4 Å². The Hall–Kier alpha value is -2.28. The first kappa shape index (κ1) is 25.0. The number of alkyl carbamates (subject to hydrolysis) is 1. The zero-order valence-electron chi connectivity index (χ0n) is 19.9. The Kier molecular flexibility index (Phi) is 10.1. The maximum atomic E-state index is 11.6. The number of carbonyl (C=O) groups excluding carboxylic acids is 1. The van der Waals surface area contributed by atoms with Crippen molar-refractivity contribution < 1.29 is 14.3 Å². The molecule has 2 rings (SSSR count). The van der Waals surface area contributed by atoms with Gasteiger partial charge in [0.05, 0.1) is 6.10 Å². The highest BCUT2D eigenvalue weighted by Gasteiger charge is 2.22. The lowest BCUT2D eigenvalue weighted by Crippen LogP contribution is -2.46. The number of amides is 1. The third kappa shape index (κ3) is 9.17. The van der Waals surface area contributed by atoms with Gasteiger partial charge in [0, 0.05) is 39.8 Å². The number of rotatable bonds is 8. The van der Waals surface area contributed by atoms with Gasteiger partial charge in [0.25, 0.3) is 0 Å². The average molecular weight is 433 g/mol. The Morgan fingerprint density at radius 2 is 1.84 bits per heavy atom. The second-order valence-corrected chi connectivity index (χ2v) is 8.86. The van der Waals surface area contributed by atoms with E-state index >= 15 is 0 Å². The molecule has 2 N–H and O–H groups in total. The van der Waals surface area contributed by atoms with Crippen LogP contribution in [0, 0.1) is 0 Å². The van der Waals surface area contributed by atoms with Gasteiger partial charge in [-0.25, -0.2) is 4.79 Å². The van der Waals surface area contributed by atoms with Crippen molar-refractivity contribution in [3.8, 4) is 0 Å². The number of carbonyl (C=O) groups is 1. The number of hydrogen-bond acceptors (Lipinski definition) is 4. The summed E-state index contributed by atoms with van der Waals surface area (Å²) >= 11 is 0. The van der Waals surface area contributed by atoms with Crippen LogP contribution in [-0.4, -0.2) is 61.9 Å². The van der Waals surface area contributed by atoms with Gasteiger partial charge in [-0.15, -0.1) is 0 Å². The molecule has 1 amide bonds. The molecule has 1 aliphatic rings. The summed E-state index contributed by atoms with van der Waals surface area (Å²) in [5, 5.41) is 6.28. The van der Waals surface area contributed by atoms with Crippen LogP contribution in [0.4, 0.5) is 4.79 Å². The number of aryl methyl sites for hydroxylation is 1. The number of nitrogens with zero attached hydrogens (tertiary/aromatic N) is 2. The second kappa shape index (κ2) is 12.5. The molecule has 1 aliphatic heterocycles. The highest BCUT2D eigenvalue weighted by Crippen LogP contribution is 2.15. The molecule has 1 aromatic carbocycles. The van der Waals surface area contributed by atoms with E-state index < -0.39 is 5.60 Å². The van der Waals surface area contributed by atoms with E-state index in [1.54, 1.807) is 0 Å². The lowest BCUT2D eigenvalue weighted by molar-refractivity contribution is 0.0170. The number of benzene rings is 1. The van der Waals surface area contributed by atoms with Crippen LogP contribution in [0.1, 0.15) is 58.1 Å². The fraction of sp³-hybridized carbons (Fsp3) is 0.667. The maximum Gasteiger partial charge on any atom is 0.407 e. The minimum atomic E-state index is -0.469. The van der Waals surface area contributed by atoms with Crippen LogP contribution in [0.15, 0.2) is 29.3 Å². The fourth-order valence-electron chi connectivity index (χ4n) is 3.64. The molecule has 7 heteroatoms. The van der Waals surface area contributed by atoms with Gasteiger partial charge in [-0.2, -0.15) is 0 Å². The number of likely N-dealkylation sites (tertiary alicyclic amines) is 1. The Bertz CT molecular complexity index is 707. The third-order valence-corrected chi connectivity index (χ3v) is 5.23. The minimum absolute atomic E-state index is 0.261. The van der Waals surface area contributed by atoms with Crippen LogP contribution in [0.5, 0.6) is 0 Å². The molecule has 0 unspecified atom stereocenters. The Balaban J connectivity index is 1.64. The SMILES string of the molecule is CCc1ccccc1CNC(=NC)N1CCC(OCCCNC(=O)OC(C)(C)C)CC1. The Morgan fingerprint density at radius 3 is 2.45 bits per heavy atom. The average Bonchev–Trinajstić information content (AvgIpc) is 2.74. The summed E-state index contributed by atoms with van der Waals surface area (Å²) in [5.41, 5.74) is 2.23. The molecule has 0 spiro atoms. The summed E-state index contributed by atoms with van der Waals surface area (Å²) in [7, 11) is 1.84. The summed E-state index contributed by atoms with van der Waals surface area (Å²) in [5.74, 6) is 0.950. The smallest absolute Gasteiger partial charge is 0.407 e. The highest BCUT2D eigenvalue weighted by molar-refractivity contribution is 5.80. The van der Waals surface area contributed by atoms with Crippen molar-refractivity contribution in [1.82, 2.24) is 15.5 Å². The normalized spacial score (nSPS) is 15.6. The molecule has 1 aromatic rings. The zero-order chi connectivity index (χ0) is 22.7. The van der Waals surface area contributed by atoms with Crippen LogP contribution in [-0.2, 0) is 22.4 Å². The molecule has 0 bridgehead atoms. The van der Waals surface area contributed by atoms with Gasteiger partial charge in [-0.3, -0.25) is 4.99 Å². The fourth-order valence-corrected chi connectivity index (χ4v) is 3.64. The summed E-state index contributed by atoms with van der Waals surface area (Å²) in [4.78, 5) is 18.4. The van der Waals surface area contributed by atoms with Gasteiger partial charge in [-0.1, -0.05) is 31.2 Å². The van der Waals surface area contributed by atoms with E-state index in [1.165, 1.54) is 11.1 Å². The molecular weight excluding hydrogens is 392 g/mol. The number of hydrogen-bond donors (Lipinski definition) is 2. The van der Waals surface area contributed by atoms with E-state index in [1.807, 2.05) is 27.8 Å². The van der Waals surface area contributed by atoms with Crippen LogP contribution >= 0.6 is 0 Å². The van der Waals surface area contributed by atoms with Gasteiger partial charge in [0.15, 0.2) is 5.96 Å². The molecule has 0 aromatic heterocycles. The van der Waals surface area contributed by atoms with Crippen molar-refractivity contribution in [2.24, 2.45) is 4.99 Å². The molecular formula is C24H40N4O3. The van der Waals surface area contributed by atoms with Crippen LogP contribution in [0.3, 0.4) is 0 Å². The maximum absolute atomic E-state index is 11.6. The summed E-state index contributed by atoms with van der Waals surface area (Å²) in [6.07, 6.45) is 3.65. The summed E-state index contributed by atoms with van der Waals surface area (Å²) < 4.78 is 11.2. The van der Waals surface area contributed by atoms with Crippen molar-refractivity contribution in [2.75, 3.05) is 33.3 Å². The Labute approximate surface area is 187 Å². The number of nitrogens with one attached hydrogen (secondary N) is 2. The molecule has 0 atom stereocenters. The number of guanidine groups is 1. The standard InChI is InChI=1S/C24H40N4O3/c1-6-19-10-7-8-11-20(19)18-27-22(25-5)28-15-12-21(13-16-28)30-17-9-14-26-23(29)31-24(2,3)4/h7-8,10-11,21H,6,9,12-18H2,1-5H3,(H,25,27)(H,26,29). The van der Waals surface area contributed by atoms with Crippen LogP contribution < -0.4 is 10.6 Å². The molecule has 1 fully saturated rings. The van der Waals surface area contributed by atoms with E-state index in [2.05, 4.69) is 51.7 Å². The summed E-state index contributed by atoms with van der Waals surface area (Å²) in [6.45, 7) is 11.6. The van der Waals surface area contributed by atoms with E-state index in [4.69, 9.17) is 9.47 Å². The quantitative estimate of drug-likeness (QED) is 0.372. The first-order valence-corrected chi connectivity index (χ1v) is 11.4. The van der Waals surface area contributed by atoms with Crippen LogP contribution in [0.25, 0.3) is 0 Å². The molecule has 0 saturated carbocycles. The first-order chi connectivity index (χ1) is 14.8. The monoisotopic (exact) mass is 432 g/mol. The summed E-state index contributed by atoms with van der Waals surface area (Å²) in [6, 6.07) is 8.54. The van der Waals surface area contributed by atoms with E-state index in [0.717, 1.165) is 51.3 Å². The second-order valence-electron chi connectivity index (χ2n) is 8.86. The molecule has 0 radical (unpaired) electrons. The van der Waals surface area contributed by atoms with Crippen LogP contribution in [0.2, 0.25) is 0 Å². The van der Waals surface area contributed by atoms with Crippen molar-refractivity contribution in [2.45, 2.75) is 71.6 Å². The van der Waals surface area contributed by atoms with E-state index in [9.17, 15) is 4.79 Å². The van der Waals surface area contributed by atoms with E-state index in [0.29, 0.717) is 13.2 Å². The van der Waals surface area contributed by atoms with E-state index in [-0.39, 0.29) is 12.2 Å². The Morgan fingerprint density at radius 1 is 1.16 bits per heavy atom. The first-order valence-electron chi connectivity index (χ1n) is 11.4. The highest BCUT2D eigenvalue weighted by atomic mass is 16.6. The van der Waals surface area contributed by atoms with Gasteiger partial charge in [-0.05, 0) is 57.6 Å². The van der Waals surface area contributed by atoms with Gasteiger partial charge >= 0.3 is 6.09 Å². The topological polar surface area (TPSA) is 75.2 Å². The number of aliphatic imine (C=N–C) groups is 1. The molecule has 1 saturated heterocycles. The minimum Gasteiger partial charge on any atom is -0.444 e. The van der Waals surface area contributed by atoms with Crippen molar-refractivity contribution in [1.29, 1.82) is 0 Å². The van der Waals surface area contributed by atoms with Crippen molar-refractivity contribution >= 4 is 12.1 Å². The largest absolute Gasteiger partial charge is 0.444 e. The predicted octanol–water partition coefficient (Wildman–Crippen LogP) is 3.72.